The number of nitrogens with zero attached hydrogens (tertiary/aromatic N) is 1. The number of hydrogen-bond donors (Lipinski definition) is 1. The summed E-state index contributed by atoms with van der Waals surface area (Å²) >= 11 is 0. The lowest BCUT2D eigenvalue weighted by molar-refractivity contribution is 0.0172. The van der Waals surface area contributed by atoms with Gasteiger partial charge in [0.05, 0.1) is 6.04 Å². The summed E-state index contributed by atoms with van der Waals surface area (Å²) < 4.78 is 5.38. The molecule has 1 N–H and O–H groups in total. The topological polar surface area (TPSA) is 41.6 Å². The van der Waals surface area contributed by atoms with E-state index in [0.717, 1.165) is 13.0 Å². The molecule has 0 radical (unpaired) electrons. The minimum Gasteiger partial charge on any atom is -0.444 e. The van der Waals surface area contributed by atoms with Crippen molar-refractivity contribution in [2.24, 2.45) is 0 Å². The highest BCUT2D eigenvalue weighted by atomic mass is 16.6. The third-order valence-electron chi connectivity index (χ3n) is 3.05. The van der Waals surface area contributed by atoms with Crippen molar-refractivity contribution in [2.75, 3.05) is 6.54 Å². The van der Waals surface area contributed by atoms with E-state index < -0.39 is 5.60 Å². The third-order valence-corrected chi connectivity index (χ3v) is 3.05. The van der Waals surface area contributed by atoms with E-state index in [2.05, 4.69) is 12.2 Å². The lowest BCUT2D eigenvalue weighted by Crippen LogP contribution is -2.52. The van der Waals surface area contributed by atoms with Crippen molar-refractivity contribution < 1.29 is 9.53 Å². The summed E-state index contributed by atoms with van der Waals surface area (Å²) in [5, 5.41) is 3.45. The van der Waals surface area contributed by atoms with Gasteiger partial charge in [0.2, 0.25) is 0 Å². The molecule has 0 aromatic carbocycles. The second-order valence-corrected chi connectivity index (χ2v) is 5.59. The summed E-state index contributed by atoms with van der Waals surface area (Å²) in [6.45, 7) is 8.63. The van der Waals surface area contributed by atoms with Gasteiger partial charge in [0.15, 0.2) is 0 Å². The Morgan fingerprint density at radius 2 is 2.13 bits per heavy atom. The van der Waals surface area contributed by atoms with E-state index in [0.29, 0.717) is 18.1 Å². The molecule has 0 aromatic heterocycles. The molecule has 3 atom stereocenters. The van der Waals surface area contributed by atoms with Crippen LogP contribution in [0.25, 0.3) is 0 Å². The van der Waals surface area contributed by atoms with Gasteiger partial charge >= 0.3 is 6.09 Å². The number of amides is 1. The molecule has 0 unspecified atom stereocenters. The predicted octanol–water partition coefficient (Wildman–Crippen LogP) is 1.36. The molecule has 2 rings (SSSR count). The van der Waals surface area contributed by atoms with Crippen molar-refractivity contribution in [2.45, 2.75) is 57.8 Å². The summed E-state index contributed by atoms with van der Waals surface area (Å²) in [5.74, 6) is 0. The second-order valence-electron chi connectivity index (χ2n) is 5.59. The Balaban J connectivity index is 1.98. The fraction of sp³-hybridized carbons (Fsp3) is 0.909. The molecule has 2 aliphatic heterocycles. The van der Waals surface area contributed by atoms with E-state index in [1.807, 2.05) is 25.7 Å². The average Bonchev–Trinajstić information content (AvgIpc) is 2.58. The summed E-state index contributed by atoms with van der Waals surface area (Å²) in [7, 11) is 0. The molecule has 2 bridgehead atoms. The van der Waals surface area contributed by atoms with Crippen LogP contribution in [0.2, 0.25) is 0 Å². The monoisotopic (exact) mass is 212 g/mol. The molecule has 1 amide bonds. The number of carbonyl (C=O) groups is 1. The quantitative estimate of drug-likeness (QED) is 0.659. The third kappa shape index (κ3) is 2.09. The molecule has 0 aliphatic carbocycles. The number of likely N-dealkylation sites (tertiary alicyclic amines) is 1. The van der Waals surface area contributed by atoms with E-state index in [-0.39, 0.29) is 6.09 Å². The summed E-state index contributed by atoms with van der Waals surface area (Å²) in [4.78, 5) is 13.7. The first-order valence-corrected chi connectivity index (χ1v) is 5.62. The lowest BCUT2D eigenvalue weighted by Gasteiger charge is -2.33. The van der Waals surface area contributed by atoms with Crippen molar-refractivity contribution in [3.8, 4) is 0 Å². The predicted molar refractivity (Wildman–Crippen MR) is 57.7 cm³/mol. The van der Waals surface area contributed by atoms with Gasteiger partial charge in [0.25, 0.3) is 0 Å². The minimum atomic E-state index is -0.393. The van der Waals surface area contributed by atoms with Crippen molar-refractivity contribution in [3.63, 3.8) is 0 Å². The number of rotatable bonds is 0. The number of carbonyl (C=O) groups excluding carboxylic acids is 1. The van der Waals surface area contributed by atoms with Gasteiger partial charge in [-0.2, -0.15) is 0 Å². The molecule has 4 heteroatoms. The second kappa shape index (κ2) is 3.37. The SMILES string of the molecule is C[C@@H]1N[C@@H]2C[C@H]1N(C(=O)OC(C)(C)C)C2. The highest BCUT2D eigenvalue weighted by Gasteiger charge is 2.45. The van der Waals surface area contributed by atoms with Crippen LogP contribution >= 0.6 is 0 Å². The van der Waals surface area contributed by atoms with Crippen molar-refractivity contribution >= 4 is 6.09 Å². The standard InChI is InChI=1S/C11H20N2O2/c1-7-9-5-8(12-7)6-13(9)10(14)15-11(2,3)4/h7-9,12H,5-6H2,1-4H3/t7-,8+,9+/m0/s1. The van der Waals surface area contributed by atoms with Gasteiger partial charge in [-0.15, -0.1) is 0 Å². The summed E-state index contributed by atoms with van der Waals surface area (Å²) in [6, 6.07) is 1.19. The normalized spacial score (nSPS) is 34.7. The molecule has 15 heavy (non-hydrogen) atoms. The number of piperazine rings is 1. The first-order valence-electron chi connectivity index (χ1n) is 5.62. The Kier molecular flexibility index (Phi) is 2.41. The van der Waals surface area contributed by atoms with Crippen molar-refractivity contribution in [1.82, 2.24) is 10.2 Å². The number of ether oxygens (including phenoxy) is 1. The van der Waals surface area contributed by atoms with Crippen LogP contribution in [-0.2, 0) is 4.74 Å². The molecule has 0 spiro atoms. The maximum atomic E-state index is 11.9. The zero-order chi connectivity index (χ0) is 11.2. The molecular formula is C11H20N2O2. The highest BCUT2D eigenvalue weighted by Crippen LogP contribution is 2.29. The zero-order valence-corrected chi connectivity index (χ0v) is 9.91. The molecular weight excluding hydrogens is 192 g/mol. The van der Waals surface area contributed by atoms with Gasteiger partial charge in [-0.25, -0.2) is 4.79 Å². The molecule has 0 saturated carbocycles. The van der Waals surface area contributed by atoms with Crippen LogP contribution in [0.3, 0.4) is 0 Å². The first-order chi connectivity index (χ1) is 6.87. The Labute approximate surface area is 91.0 Å². The molecule has 2 saturated heterocycles. The van der Waals surface area contributed by atoms with Crippen LogP contribution in [0.15, 0.2) is 0 Å². The van der Waals surface area contributed by atoms with Gasteiger partial charge < -0.3 is 15.0 Å². The molecule has 4 nitrogen and oxygen atoms in total. The van der Waals surface area contributed by atoms with E-state index in [1.165, 1.54) is 0 Å². The van der Waals surface area contributed by atoms with E-state index in [9.17, 15) is 4.79 Å². The molecule has 86 valence electrons. The van der Waals surface area contributed by atoms with Crippen molar-refractivity contribution in [3.05, 3.63) is 0 Å². The number of hydrogen-bond acceptors (Lipinski definition) is 3. The number of fused-ring (bicyclic) bond motifs is 2. The summed E-state index contributed by atoms with van der Waals surface area (Å²) in [5.41, 5.74) is -0.393. The largest absolute Gasteiger partial charge is 0.444 e. The lowest BCUT2D eigenvalue weighted by atomic mass is 10.1. The van der Waals surface area contributed by atoms with Crippen LogP contribution < -0.4 is 5.32 Å². The summed E-state index contributed by atoms with van der Waals surface area (Å²) in [6.07, 6.45) is 0.906. The number of nitrogens with one attached hydrogen (secondary N) is 1. The van der Waals surface area contributed by atoms with Crippen LogP contribution in [0.4, 0.5) is 4.79 Å². The van der Waals surface area contributed by atoms with Crippen LogP contribution in [0.1, 0.15) is 34.1 Å². The van der Waals surface area contributed by atoms with Crippen LogP contribution in [0.5, 0.6) is 0 Å². The smallest absolute Gasteiger partial charge is 0.410 e. The first kappa shape index (κ1) is 10.7. The van der Waals surface area contributed by atoms with Gasteiger partial charge in [-0.05, 0) is 34.1 Å². The average molecular weight is 212 g/mol. The minimum absolute atomic E-state index is 0.164. The van der Waals surface area contributed by atoms with Crippen LogP contribution in [0, 0.1) is 0 Å². The van der Waals surface area contributed by atoms with Crippen molar-refractivity contribution in [1.29, 1.82) is 0 Å². The Hall–Kier alpha value is -0.770. The van der Waals surface area contributed by atoms with Gasteiger partial charge in [0.1, 0.15) is 5.60 Å². The Morgan fingerprint density at radius 3 is 2.60 bits per heavy atom. The highest BCUT2D eigenvalue weighted by molar-refractivity contribution is 5.69. The maximum Gasteiger partial charge on any atom is 0.410 e. The maximum absolute atomic E-state index is 11.9. The van der Waals surface area contributed by atoms with Gasteiger partial charge in [-0.1, -0.05) is 0 Å². The Bertz CT molecular complexity index is 272. The molecule has 0 aromatic rings. The zero-order valence-electron chi connectivity index (χ0n) is 9.91. The molecule has 2 heterocycles. The van der Waals surface area contributed by atoms with Crippen LogP contribution in [-0.4, -0.2) is 41.3 Å². The Morgan fingerprint density at radius 1 is 1.47 bits per heavy atom. The fourth-order valence-electron chi connectivity index (χ4n) is 2.47. The van der Waals surface area contributed by atoms with E-state index in [4.69, 9.17) is 4.74 Å². The fourth-order valence-corrected chi connectivity index (χ4v) is 2.47. The van der Waals surface area contributed by atoms with Gasteiger partial charge in [0, 0.05) is 18.6 Å². The van der Waals surface area contributed by atoms with Gasteiger partial charge in [-0.3, -0.25) is 0 Å². The van der Waals surface area contributed by atoms with E-state index >= 15 is 0 Å². The molecule has 2 aliphatic rings. The van der Waals surface area contributed by atoms with E-state index in [1.54, 1.807) is 0 Å². The molecule has 2 fully saturated rings.